The van der Waals surface area contributed by atoms with Crippen LogP contribution in [0.3, 0.4) is 0 Å². The van der Waals surface area contributed by atoms with Crippen LogP contribution in [0.4, 0.5) is 0 Å². The zero-order valence-electron chi connectivity index (χ0n) is 6.69. The summed E-state index contributed by atoms with van der Waals surface area (Å²) < 4.78 is 0. The minimum absolute atomic E-state index is 0.197. The minimum atomic E-state index is -1.40. The van der Waals surface area contributed by atoms with E-state index in [0.29, 0.717) is 12.2 Å². The van der Waals surface area contributed by atoms with Gasteiger partial charge in [0.25, 0.3) is 0 Å². The highest BCUT2D eigenvalue weighted by Crippen LogP contribution is 2.12. The van der Waals surface area contributed by atoms with E-state index in [9.17, 15) is 19.8 Å². The van der Waals surface area contributed by atoms with Gasteiger partial charge in [-0.05, 0) is 12.2 Å². The fourth-order valence-corrected chi connectivity index (χ4v) is 1.86. The van der Waals surface area contributed by atoms with Crippen LogP contribution in [0.25, 0.3) is 0 Å². The van der Waals surface area contributed by atoms with Gasteiger partial charge < -0.3 is 19.8 Å². The van der Waals surface area contributed by atoms with Crippen molar-refractivity contribution in [2.75, 3.05) is 11.5 Å². The zero-order valence-corrected chi connectivity index (χ0v) is 7.50. The van der Waals surface area contributed by atoms with Gasteiger partial charge in [0, 0.05) is 5.75 Å². The van der Waals surface area contributed by atoms with Gasteiger partial charge >= 0.3 is 0 Å². The Morgan fingerprint density at radius 2 is 2.15 bits per heavy atom. The maximum atomic E-state index is 10.4. The Morgan fingerprint density at radius 1 is 1.46 bits per heavy atom. The number of rotatable bonds is 2. The smallest absolute Gasteiger partial charge is 0.0905 e. The standard InChI is InChI=1S/C7H9NO4S/c9-6(10)4-1-2-13-3-5(8-4)7(11)12/h4H,1-3H2,(H,9,10)(H,11,12)/p-2/t4-/m1/s1. The van der Waals surface area contributed by atoms with E-state index >= 15 is 0 Å². The van der Waals surface area contributed by atoms with Crippen LogP contribution in [0.15, 0.2) is 4.99 Å². The van der Waals surface area contributed by atoms with Gasteiger partial charge in [-0.15, -0.1) is 0 Å². The molecule has 0 aromatic rings. The molecule has 72 valence electrons. The second-order valence-electron chi connectivity index (χ2n) is 2.54. The van der Waals surface area contributed by atoms with Crippen molar-refractivity contribution in [2.24, 2.45) is 4.99 Å². The third-order valence-corrected chi connectivity index (χ3v) is 2.60. The van der Waals surface area contributed by atoms with Crippen molar-refractivity contribution in [3.8, 4) is 0 Å². The Bertz CT molecular complexity index is 263. The van der Waals surface area contributed by atoms with Crippen LogP contribution >= 0.6 is 11.8 Å². The molecule has 0 aromatic heterocycles. The third kappa shape index (κ3) is 2.73. The molecule has 0 radical (unpaired) electrons. The van der Waals surface area contributed by atoms with Gasteiger partial charge in [-0.3, -0.25) is 4.99 Å². The molecule has 0 saturated heterocycles. The van der Waals surface area contributed by atoms with E-state index in [1.165, 1.54) is 11.8 Å². The predicted molar refractivity (Wildman–Crippen MR) is 43.2 cm³/mol. The molecule has 0 aliphatic carbocycles. The van der Waals surface area contributed by atoms with Gasteiger partial charge in [0.2, 0.25) is 0 Å². The summed E-state index contributed by atoms with van der Waals surface area (Å²) in [5.74, 6) is -1.97. The SMILES string of the molecule is O=C([O-])C1=N[C@@H](C(=O)[O-])CCSC1. The first kappa shape index (κ1) is 10.0. The topological polar surface area (TPSA) is 92.6 Å². The quantitative estimate of drug-likeness (QED) is 0.489. The Morgan fingerprint density at radius 3 is 2.69 bits per heavy atom. The Labute approximate surface area is 78.9 Å². The number of hydrogen-bond donors (Lipinski definition) is 0. The van der Waals surface area contributed by atoms with E-state index in [4.69, 9.17) is 0 Å². The lowest BCUT2D eigenvalue weighted by Crippen LogP contribution is -2.38. The number of carboxylic acid groups (broad SMARTS) is 2. The molecule has 0 aromatic carbocycles. The Balaban J connectivity index is 2.80. The number of hydrogen-bond acceptors (Lipinski definition) is 6. The summed E-state index contributed by atoms with van der Waals surface area (Å²) >= 11 is 1.33. The van der Waals surface area contributed by atoms with E-state index in [-0.39, 0.29) is 11.5 Å². The monoisotopic (exact) mass is 201 g/mol. The van der Waals surface area contributed by atoms with E-state index in [0.717, 1.165) is 0 Å². The number of nitrogens with zero attached hydrogens (tertiary/aromatic N) is 1. The van der Waals surface area contributed by atoms with Crippen LogP contribution in [-0.4, -0.2) is 35.2 Å². The second kappa shape index (κ2) is 4.27. The summed E-state index contributed by atoms with van der Waals surface area (Å²) in [6.45, 7) is 0. The summed E-state index contributed by atoms with van der Waals surface area (Å²) in [5.41, 5.74) is -0.197. The molecule has 1 aliphatic rings. The molecule has 0 bridgehead atoms. The summed E-state index contributed by atoms with van der Waals surface area (Å²) in [7, 11) is 0. The first-order chi connectivity index (χ1) is 6.11. The molecule has 0 saturated carbocycles. The first-order valence-corrected chi connectivity index (χ1v) is 4.83. The number of thioether (sulfide) groups is 1. The molecule has 6 heteroatoms. The molecule has 13 heavy (non-hydrogen) atoms. The highest BCUT2D eigenvalue weighted by molar-refractivity contribution is 8.00. The lowest BCUT2D eigenvalue weighted by atomic mass is 10.2. The van der Waals surface area contributed by atoms with Gasteiger partial charge in [-0.1, -0.05) is 0 Å². The van der Waals surface area contributed by atoms with Gasteiger partial charge in [0.1, 0.15) is 0 Å². The van der Waals surface area contributed by atoms with Crippen molar-refractivity contribution in [1.29, 1.82) is 0 Å². The molecule has 0 amide bonds. The summed E-state index contributed by atoms with van der Waals surface area (Å²) in [6.07, 6.45) is 0.309. The number of carboxylic acids is 2. The van der Waals surface area contributed by atoms with Gasteiger partial charge in [0.15, 0.2) is 0 Å². The van der Waals surface area contributed by atoms with Crippen molar-refractivity contribution in [1.82, 2.24) is 0 Å². The predicted octanol–water partition coefficient (Wildman–Crippen LogP) is -2.57. The van der Waals surface area contributed by atoms with Gasteiger partial charge in [-0.25, -0.2) is 0 Å². The average Bonchev–Trinajstić information content (AvgIpc) is 2.28. The molecular formula is C7H7NO4S-2. The maximum Gasteiger partial charge on any atom is 0.0905 e. The summed E-state index contributed by atoms with van der Waals surface area (Å²) in [6, 6.07) is -1.04. The third-order valence-electron chi connectivity index (χ3n) is 1.59. The second-order valence-corrected chi connectivity index (χ2v) is 3.64. The molecule has 0 unspecified atom stereocenters. The van der Waals surface area contributed by atoms with E-state index in [1.54, 1.807) is 0 Å². The van der Waals surface area contributed by atoms with Crippen molar-refractivity contribution < 1.29 is 19.8 Å². The number of carbonyl (C=O) groups excluding carboxylic acids is 2. The summed E-state index contributed by atoms with van der Waals surface area (Å²) in [4.78, 5) is 24.4. The van der Waals surface area contributed by atoms with Crippen LogP contribution in [-0.2, 0) is 9.59 Å². The lowest BCUT2D eigenvalue weighted by Gasteiger charge is -2.11. The molecular weight excluding hydrogens is 194 g/mol. The average molecular weight is 201 g/mol. The normalized spacial score (nSPS) is 23.1. The minimum Gasteiger partial charge on any atom is -0.548 e. The van der Waals surface area contributed by atoms with Gasteiger partial charge in [0.05, 0.1) is 23.7 Å². The number of carbonyl (C=O) groups is 2. The lowest BCUT2D eigenvalue weighted by molar-refractivity contribution is -0.307. The zero-order chi connectivity index (χ0) is 9.84. The summed E-state index contributed by atoms with van der Waals surface area (Å²) in [5, 5.41) is 20.8. The van der Waals surface area contributed by atoms with Crippen LogP contribution in [0, 0.1) is 0 Å². The van der Waals surface area contributed by atoms with Crippen molar-refractivity contribution in [3.05, 3.63) is 0 Å². The highest BCUT2D eigenvalue weighted by Gasteiger charge is 2.14. The van der Waals surface area contributed by atoms with E-state index in [2.05, 4.69) is 4.99 Å². The Kier molecular flexibility index (Phi) is 3.30. The fourth-order valence-electron chi connectivity index (χ4n) is 0.936. The Hall–Kier alpha value is -1.04. The van der Waals surface area contributed by atoms with E-state index < -0.39 is 18.0 Å². The molecule has 1 atom stereocenters. The first-order valence-electron chi connectivity index (χ1n) is 3.68. The van der Waals surface area contributed by atoms with Crippen LogP contribution in [0.5, 0.6) is 0 Å². The van der Waals surface area contributed by atoms with Crippen molar-refractivity contribution in [3.63, 3.8) is 0 Å². The van der Waals surface area contributed by atoms with E-state index in [1.807, 2.05) is 0 Å². The molecule has 0 fully saturated rings. The van der Waals surface area contributed by atoms with Crippen LogP contribution < -0.4 is 10.2 Å². The van der Waals surface area contributed by atoms with Crippen molar-refractivity contribution in [2.45, 2.75) is 12.5 Å². The maximum absolute atomic E-state index is 10.4. The van der Waals surface area contributed by atoms with Crippen LogP contribution in [0.1, 0.15) is 6.42 Å². The number of aliphatic imine (C=N–C) groups is 1. The highest BCUT2D eigenvalue weighted by atomic mass is 32.2. The molecule has 1 aliphatic heterocycles. The molecule has 5 nitrogen and oxygen atoms in total. The van der Waals surface area contributed by atoms with Crippen molar-refractivity contribution >= 4 is 29.4 Å². The molecule has 1 rings (SSSR count). The van der Waals surface area contributed by atoms with Gasteiger partial charge in [-0.2, -0.15) is 11.8 Å². The molecule has 0 spiro atoms. The van der Waals surface area contributed by atoms with Crippen LogP contribution in [0.2, 0.25) is 0 Å². The number of aliphatic carboxylic acids is 2. The molecule has 0 N–H and O–H groups in total. The fraction of sp³-hybridized carbons (Fsp3) is 0.571. The molecule has 1 heterocycles. The largest absolute Gasteiger partial charge is 0.548 e.